The Morgan fingerprint density at radius 2 is 1.78 bits per heavy atom. The van der Waals surface area contributed by atoms with Gasteiger partial charge in [-0.2, -0.15) is 0 Å². The lowest BCUT2D eigenvalue weighted by atomic mass is 9.46. The van der Waals surface area contributed by atoms with Gasteiger partial charge in [0.25, 0.3) is 0 Å². The van der Waals surface area contributed by atoms with Crippen molar-refractivity contribution in [1.29, 1.82) is 0 Å². The zero-order valence-corrected chi connectivity index (χ0v) is 22.1. The van der Waals surface area contributed by atoms with Crippen LogP contribution in [0.4, 0.5) is 0 Å². The molecular weight excluding hydrogens is 392 g/mol. The van der Waals surface area contributed by atoms with Gasteiger partial charge in [0.2, 0.25) is 0 Å². The number of fused-ring (bicyclic) bond motifs is 5. The lowest BCUT2D eigenvalue weighted by Crippen LogP contribution is -2.52. The van der Waals surface area contributed by atoms with Crippen molar-refractivity contribution in [2.24, 2.45) is 46.3 Å². The molecule has 2 nitrogen and oxygen atoms in total. The number of aliphatic hydroxyl groups is 1. The largest absolute Gasteiger partial charge is 0.390 e. The van der Waals surface area contributed by atoms with E-state index in [1.165, 1.54) is 64.2 Å². The van der Waals surface area contributed by atoms with Gasteiger partial charge in [-0.15, -0.1) is 0 Å². The molecule has 0 spiro atoms. The van der Waals surface area contributed by atoms with Crippen LogP contribution in [0.15, 0.2) is 11.6 Å². The maximum atomic E-state index is 10.7. The Morgan fingerprint density at radius 3 is 2.53 bits per heavy atom. The summed E-state index contributed by atoms with van der Waals surface area (Å²) in [7, 11) is 1.82. The van der Waals surface area contributed by atoms with E-state index in [4.69, 9.17) is 4.74 Å². The molecule has 2 heteroatoms. The third-order valence-electron chi connectivity index (χ3n) is 11.3. The first-order valence-electron chi connectivity index (χ1n) is 14.0. The van der Waals surface area contributed by atoms with Crippen LogP contribution in [0.3, 0.4) is 0 Å². The topological polar surface area (TPSA) is 29.5 Å². The Morgan fingerprint density at radius 1 is 1.00 bits per heavy atom. The van der Waals surface area contributed by atoms with Gasteiger partial charge in [0, 0.05) is 13.7 Å². The predicted octanol–water partition coefficient (Wildman–Crippen LogP) is 7.80. The van der Waals surface area contributed by atoms with Crippen LogP contribution in [-0.4, -0.2) is 24.4 Å². The highest BCUT2D eigenvalue weighted by Crippen LogP contribution is 2.67. The molecule has 0 bridgehead atoms. The van der Waals surface area contributed by atoms with Crippen molar-refractivity contribution < 1.29 is 9.84 Å². The van der Waals surface area contributed by atoms with E-state index in [1.807, 2.05) is 7.11 Å². The third kappa shape index (κ3) is 4.49. The van der Waals surface area contributed by atoms with E-state index in [9.17, 15) is 5.11 Å². The van der Waals surface area contributed by atoms with Crippen LogP contribution in [0.2, 0.25) is 0 Å². The number of ether oxygens (including phenoxy) is 1. The molecule has 0 radical (unpaired) electrons. The molecule has 0 saturated heterocycles. The summed E-state index contributed by atoms with van der Waals surface area (Å²) in [4.78, 5) is 0. The first-order chi connectivity index (χ1) is 15.1. The molecule has 184 valence electrons. The molecule has 4 aliphatic rings. The van der Waals surface area contributed by atoms with E-state index in [0.29, 0.717) is 10.8 Å². The molecule has 9 atom stereocenters. The average molecular weight is 445 g/mol. The molecule has 0 aromatic rings. The number of rotatable bonds is 8. The fourth-order valence-electron chi connectivity index (χ4n) is 9.25. The smallest absolute Gasteiger partial charge is 0.0657 e. The van der Waals surface area contributed by atoms with E-state index < -0.39 is 5.60 Å². The van der Waals surface area contributed by atoms with Crippen LogP contribution in [0.1, 0.15) is 112 Å². The summed E-state index contributed by atoms with van der Waals surface area (Å²) in [6.45, 7) is 13.2. The summed E-state index contributed by atoms with van der Waals surface area (Å²) in [6, 6.07) is 0. The average Bonchev–Trinajstić information content (AvgIpc) is 3.10. The monoisotopic (exact) mass is 444 g/mol. The second kappa shape index (κ2) is 9.37. The van der Waals surface area contributed by atoms with Crippen molar-refractivity contribution >= 4 is 0 Å². The Bertz CT molecular complexity index is 680. The molecule has 3 fully saturated rings. The van der Waals surface area contributed by atoms with Gasteiger partial charge in [0.05, 0.1) is 5.60 Å². The predicted molar refractivity (Wildman–Crippen MR) is 134 cm³/mol. The molecule has 1 unspecified atom stereocenters. The lowest BCUT2D eigenvalue weighted by molar-refractivity contribution is -0.0706. The van der Waals surface area contributed by atoms with E-state index in [1.54, 1.807) is 5.57 Å². The summed E-state index contributed by atoms with van der Waals surface area (Å²) in [5.74, 6) is 5.28. The van der Waals surface area contributed by atoms with Gasteiger partial charge in [0.15, 0.2) is 0 Å². The van der Waals surface area contributed by atoms with E-state index in [-0.39, 0.29) is 0 Å². The third-order valence-corrected chi connectivity index (χ3v) is 11.3. The van der Waals surface area contributed by atoms with Crippen LogP contribution in [-0.2, 0) is 4.74 Å². The molecule has 3 saturated carbocycles. The molecule has 0 aromatic carbocycles. The van der Waals surface area contributed by atoms with Gasteiger partial charge in [0.1, 0.15) is 0 Å². The van der Waals surface area contributed by atoms with Gasteiger partial charge < -0.3 is 9.84 Å². The van der Waals surface area contributed by atoms with Crippen LogP contribution >= 0.6 is 0 Å². The SMILES string of the molecule is COCCC[C@H](C)CC[C@@H](C)[C@H]1CC[C@H]2[C@@H]3CC=C4C[C@@](C)(O)CC[C@]4(C)C3CC[C@]12C. The highest BCUT2D eigenvalue weighted by molar-refractivity contribution is 5.26. The molecule has 1 N–H and O–H groups in total. The molecule has 0 heterocycles. The van der Waals surface area contributed by atoms with Gasteiger partial charge in [-0.3, -0.25) is 0 Å². The van der Waals surface area contributed by atoms with Crippen LogP contribution in [0.5, 0.6) is 0 Å². The van der Waals surface area contributed by atoms with Crippen LogP contribution in [0.25, 0.3) is 0 Å². The summed E-state index contributed by atoms with van der Waals surface area (Å²) in [6.07, 6.45) is 18.1. The summed E-state index contributed by atoms with van der Waals surface area (Å²) >= 11 is 0. The lowest BCUT2D eigenvalue weighted by Gasteiger charge is -2.59. The fourth-order valence-corrected chi connectivity index (χ4v) is 9.25. The minimum atomic E-state index is -0.476. The molecule has 0 aliphatic heterocycles. The molecule has 4 aliphatic carbocycles. The van der Waals surface area contributed by atoms with E-state index in [2.05, 4.69) is 40.7 Å². The van der Waals surface area contributed by atoms with Crippen LogP contribution < -0.4 is 0 Å². The standard InChI is InChI=1S/C30H52O2/c1-21(8-7-19-32-6)9-10-22(2)25-13-14-26-24-12-11-23-20-28(3,31)17-18-29(23,4)27(24)15-16-30(25,26)5/h11,21-22,24-27,31H,7-10,12-20H2,1-6H3/t21-,22+,24-,25+,26-,27?,28-,29-,30+/m0/s1. The minimum absolute atomic E-state index is 0.355. The number of hydrogen-bond donors (Lipinski definition) is 1. The normalized spacial score (nSPS) is 45.4. The van der Waals surface area contributed by atoms with Gasteiger partial charge in [-0.1, -0.05) is 52.2 Å². The van der Waals surface area contributed by atoms with Crippen molar-refractivity contribution in [2.45, 2.75) is 117 Å². The molecular formula is C30H52O2. The summed E-state index contributed by atoms with van der Waals surface area (Å²) in [5.41, 5.74) is 2.04. The van der Waals surface area contributed by atoms with E-state index in [0.717, 1.165) is 55.0 Å². The molecule has 4 rings (SSSR count). The highest BCUT2D eigenvalue weighted by atomic mass is 16.5. The molecule has 0 aromatic heterocycles. The number of methoxy groups -OCH3 is 1. The Balaban J connectivity index is 1.41. The van der Waals surface area contributed by atoms with Crippen molar-refractivity contribution in [3.8, 4) is 0 Å². The zero-order valence-electron chi connectivity index (χ0n) is 22.1. The quantitative estimate of drug-likeness (QED) is 0.306. The Hall–Kier alpha value is -0.340. The fraction of sp³-hybridized carbons (Fsp3) is 0.933. The zero-order chi connectivity index (χ0) is 23.1. The van der Waals surface area contributed by atoms with Gasteiger partial charge in [-0.05, 0) is 117 Å². The summed E-state index contributed by atoms with van der Waals surface area (Å²) < 4.78 is 5.25. The second-order valence-corrected chi connectivity index (χ2v) is 13.5. The molecule has 32 heavy (non-hydrogen) atoms. The van der Waals surface area contributed by atoms with Crippen molar-refractivity contribution in [3.05, 3.63) is 11.6 Å². The van der Waals surface area contributed by atoms with Crippen LogP contribution in [0, 0.1) is 46.3 Å². The first kappa shape index (κ1) is 24.8. The second-order valence-electron chi connectivity index (χ2n) is 13.5. The van der Waals surface area contributed by atoms with Crippen molar-refractivity contribution in [2.75, 3.05) is 13.7 Å². The maximum absolute atomic E-state index is 10.7. The van der Waals surface area contributed by atoms with Gasteiger partial charge >= 0.3 is 0 Å². The minimum Gasteiger partial charge on any atom is -0.390 e. The molecule has 0 amide bonds. The summed E-state index contributed by atoms with van der Waals surface area (Å²) in [5, 5.41) is 10.7. The first-order valence-corrected chi connectivity index (χ1v) is 14.0. The van der Waals surface area contributed by atoms with E-state index >= 15 is 0 Å². The Labute approximate surface area is 199 Å². The maximum Gasteiger partial charge on any atom is 0.0657 e. The highest BCUT2D eigenvalue weighted by Gasteiger charge is 2.59. The van der Waals surface area contributed by atoms with Crippen molar-refractivity contribution in [3.63, 3.8) is 0 Å². The Kier molecular flexibility index (Phi) is 7.25. The van der Waals surface area contributed by atoms with Crippen molar-refractivity contribution in [1.82, 2.24) is 0 Å². The van der Waals surface area contributed by atoms with Gasteiger partial charge in [-0.25, -0.2) is 0 Å². The number of allylic oxidation sites excluding steroid dienone is 1. The number of hydrogen-bond acceptors (Lipinski definition) is 2.